The third-order valence-electron chi connectivity index (χ3n) is 4.47. The van der Waals surface area contributed by atoms with Crippen LogP contribution in [0, 0.1) is 12.7 Å². The van der Waals surface area contributed by atoms with Crippen LogP contribution in [0.5, 0.6) is 5.75 Å². The van der Waals surface area contributed by atoms with E-state index < -0.39 is 11.7 Å². The molecule has 4 rings (SSSR count). The smallest absolute Gasteiger partial charge is 0.250 e. The van der Waals surface area contributed by atoms with E-state index in [1.165, 1.54) is 23.0 Å². The highest BCUT2D eigenvalue weighted by molar-refractivity contribution is 5.98. The quantitative estimate of drug-likeness (QED) is 0.712. The van der Waals surface area contributed by atoms with Crippen molar-refractivity contribution in [1.82, 2.24) is 14.6 Å². The number of hydrogen-bond acceptors (Lipinski definition) is 6. The summed E-state index contributed by atoms with van der Waals surface area (Å²) in [6.07, 6.45) is 3.52. The summed E-state index contributed by atoms with van der Waals surface area (Å²) in [4.78, 5) is 15.9. The molecule has 3 N–H and O–H groups in total. The Labute approximate surface area is 154 Å². The third kappa shape index (κ3) is 3.28. The predicted molar refractivity (Wildman–Crippen MR) is 95.8 cm³/mol. The van der Waals surface area contributed by atoms with E-state index in [0.717, 1.165) is 6.42 Å². The van der Waals surface area contributed by atoms with E-state index >= 15 is 0 Å². The number of halogens is 1. The van der Waals surface area contributed by atoms with Gasteiger partial charge in [-0.05, 0) is 24.6 Å². The molecule has 27 heavy (non-hydrogen) atoms. The van der Waals surface area contributed by atoms with Gasteiger partial charge in [0.1, 0.15) is 29.5 Å². The molecular weight excluding hydrogens is 353 g/mol. The van der Waals surface area contributed by atoms with Crippen molar-refractivity contribution in [3.05, 3.63) is 47.7 Å². The molecule has 3 aromatic rings. The number of ether oxygens (including phenoxy) is 2. The topological polar surface area (TPSA) is 104 Å². The number of carbonyl (C=O) groups is 1. The Morgan fingerprint density at radius 1 is 1.48 bits per heavy atom. The number of amides is 1. The zero-order chi connectivity index (χ0) is 19.0. The SMILES string of the molecule is Cc1c(C(N)=O)cn2ncnc(Nc3ccc(F)cc3OC3CCOC3)c12. The number of anilines is 2. The van der Waals surface area contributed by atoms with Crippen molar-refractivity contribution in [2.24, 2.45) is 5.73 Å². The van der Waals surface area contributed by atoms with Crippen molar-refractivity contribution >= 4 is 22.9 Å². The Hall–Kier alpha value is -3.20. The zero-order valence-corrected chi connectivity index (χ0v) is 14.6. The lowest BCUT2D eigenvalue weighted by molar-refractivity contribution is 0.1000. The molecule has 140 valence electrons. The Morgan fingerprint density at radius 3 is 3.07 bits per heavy atom. The van der Waals surface area contributed by atoms with Crippen LogP contribution in [0.15, 0.2) is 30.7 Å². The summed E-state index contributed by atoms with van der Waals surface area (Å²) < 4.78 is 26.5. The van der Waals surface area contributed by atoms with Gasteiger partial charge in [-0.15, -0.1) is 0 Å². The maximum absolute atomic E-state index is 13.7. The first-order valence-corrected chi connectivity index (χ1v) is 8.46. The number of aromatic nitrogens is 3. The Morgan fingerprint density at radius 2 is 2.33 bits per heavy atom. The van der Waals surface area contributed by atoms with Crippen LogP contribution in [0.2, 0.25) is 0 Å². The fourth-order valence-corrected chi connectivity index (χ4v) is 3.11. The first-order valence-electron chi connectivity index (χ1n) is 8.46. The largest absolute Gasteiger partial charge is 0.486 e. The van der Waals surface area contributed by atoms with Gasteiger partial charge in [0.15, 0.2) is 5.82 Å². The van der Waals surface area contributed by atoms with Gasteiger partial charge in [0.25, 0.3) is 5.91 Å². The second-order valence-corrected chi connectivity index (χ2v) is 6.30. The van der Waals surface area contributed by atoms with Crippen molar-refractivity contribution in [1.29, 1.82) is 0 Å². The van der Waals surface area contributed by atoms with Crippen LogP contribution in [-0.4, -0.2) is 39.8 Å². The molecule has 0 bridgehead atoms. The predicted octanol–water partition coefficient (Wildman–Crippen LogP) is 2.19. The minimum atomic E-state index is -0.545. The summed E-state index contributed by atoms with van der Waals surface area (Å²) in [5, 5.41) is 7.27. The normalized spacial score (nSPS) is 16.6. The van der Waals surface area contributed by atoms with Crippen LogP contribution in [-0.2, 0) is 4.74 Å². The van der Waals surface area contributed by atoms with Gasteiger partial charge in [0.05, 0.1) is 24.5 Å². The molecule has 1 amide bonds. The average Bonchev–Trinajstić information content (AvgIpc) is 3.26. The molecule has 3 heterocycles. The van der Waals surface area contributed by atoms with Gasteiger partial charge < -0.3 is 20.5 Å². The van der Waals surface area contributed by atoms with Gasteiger partial charge in [-0.2, -0.15) is 5.10 Å². The minimum absolute atomic E-state index is 0.130. The Balaban J connectivity index is 1.73. The summed E-state index contributed by atoms with van der Waals surface area (Å²) in [6, 6.07) is 4.23. The summed E-state index contributed by atoms with van der Waals surface area (Å²) in [6.45, 7) is 2.85. The van der Waals surface area contributed by atoms with E-state index in [0.29, 0.717) is 47.1 Å². The molecule has 0 spiro atoms. The summed E-state index contributed by atoms with van der Waals surface area (Å²) in [7, 11) is 0. The van der Waals surface area contributed by atoms with Crippen LogP contribution < -0.4 is 15.8 Å². The number of nitrogens with two attached hydrogens (primary N) is 1. The second kappa shape index (κ2) is 6.84. The van der Waals surface area contributed by atoms with E-state index in [9.17, 15) is 9.18 Å². The molecule has 0 saturated carbocycles. The van der Waals surface area contributed by atoms with E-state index in [4.69, 9.17) is 15.2 Å². The van der Waals surface area contributed by atoms with Crippen LogP contribution >= 0.6 is 0 Å². The molecule has 1 aliphatic rings. The van der Waals surface area contributed by atoms with E-state index in [2.05, 4.69) is 15.4 Å². The lowest BCUT2D eigenvalue weighted by Gasteiger charge is -2.17. The molecule has 1 unspecified atom stereocenters. The summed E-state index contributed by atoms with van der Waals surface area (Å²) in [5.41, 5.74) is 7.58. The number of nitrogens with one attached hydrogen (secondary N) is 1. The molecule has 0 radical (unpaired) electrons. The number of hydrogen-bond donors (Lipinski definition) is 2. The third-order valence-corrected chi connectivity index (χ3v) is 4.47. The highest BCUT2D eigenvalue weighted by Crippen LogP contribution is 2.32. The number of carbonyl (C=O) groups excluding carboxylic acids is 1. The number of primary amides is 1. The number of nitrogens with zero attached hydrogens (tertiary/aromatic N) is 3. The maximum atomic E-state index is 13.7. The fourth-order valence-electron chi connectivity index (χ4n) is 3.11. The lowest BCUT2D eigenvalue weighted by Crippen LogP contribution is -2.16. The van der Waals surface area contributed by atoms with Crippen LogP contribution in [0.3, 0.4) is 0 Å². The number of aryl methyl sites for hydroxylation is 1. The molecule has 0 aliphatic carbocycles. The van der Waals surface area contributed by atoms with Crippen molar-refractivity contribution < 1.29 is 18.7 Å². The highest BCUT2D eigenvalue weighted by Gasteiger charge is 2.21. The van der Waals surface area contributed by atoms with Gasteiger partial charge in [0.2, 0.25) is 0 Å². The molecule has 8 nitrogen and oxygen atoms in total. The summed E-state index contributed by atoms with van der Waals surface area (Å²) in [5.74, 6) is -0.135. The standard InChI is InChI=1S/C18H18FN5O3/c1-10-13(17(20)25)7-24-16(10)18(21-9-22-24)23-14-3-2-11(19)6-15(14)27-12-4-5-26-8-12/h2-3,6-7,9,12H,4-5,8H2,1H3,(H2,20,25)(H,21,22,23). The highest BCUT2D eigenvalue weighted by atomic mass is 19.1. The fraction of sp³-hybridized carbons (Fsp3) is 0.278. The van der Waals surface area contributed by atoms with Crippen LogP contribution in [0.25, 0.3) is 5.52 Å². The van der Waals surface area contributed by atoms with Crippen LogP contribution in [0.1, 0.15) is 22.3 Å². The Bertz CT molecular complexity index is 1010. The number of benzene rings is 1. The lowest BCUT2D eigenvalue weighted by atomic mass is 10.2. The molecule has 1 atom stereocenters. The molecule has 2 aromatic heterocycles. The number of fused-ring (bicyclic) bond motifs is 1. The van der Waals surface area contributed by atoms with Crippen molar-refractivity contribution in [3.8, 4) is 5.75 Å². The molecule has 1 aromatic carbocycles. The van der Waals surface area contributed by atoms with E-state index in [-0.39, 0.29) is 6.10 Å². The first kappa shape index (κ1) is 17.2. The van der Waals surface area contributed by atoms with Gasteiger partial charge in [-0.3, -0.25) is 4.79 Å². The van der Waals surface area contributed by atoms with Gasteiger partial charge in [-0.25, -0.2) is 13.9 Å². The molecule has 1 aliphatic heterocycles. The zero-order valence-electron chi connectivity index (χ0n) is 14.6. The average molecular weight is 371 g/mol. The van der Waals surface area contributed by atoms with Crippen LogP contribution in [0.4, 0.5) is 15.9 Å². The molecular formula is C18H18FN5O3. The van der Waals surface area contributed by atoms with Crippen molar-refractivity contribution in [2.75, 3.05) is 18.5 Å². The van der Waals surface area contributed by atoms with E-state index in [1.54, 1.807) is 19.2 Å². The number of rotatable bonds is 5. The Kier molecular flexibility index (Phi) is 4.36. The monoisotopic (exact) mass is 371 g/mol. The second-order valence-electron chi connectivity index (χ2n) is 6.30. The van der Waals surface area contributed by atoms with E-state index in [1.807, 2.05) is 0 Å². The van der Waals surface area contributed by atoms with Crippen molar-refractivity contribution in [3.63, 3.8) is 0 Å². The molecule has 1 saturated heterocycles. The molecule has 9 heteroatoms. The van der Waals surface area contributed by atoms with Gasteiger partial charge in [0, 0.05) is 18.7 Å². The summed E-state index contributed by atoms with van der Waals surface area (Å²) >= 11 is 0. The first-order chi connectivity index (χ1) is 13.0. The molecule has 1 fully saturated rings. The maximum Gasteiger partial charge on any atom is 0.250 e. The van der Waals surface area contributed by atoms with Crippen molar-refractivity contribution in [2.45, 2.75) is 19.4 Å². The van der Waals surface area contributed by atoms with Gasteiger partial charge >= 0.3 is 0 Å². The van der Waals surface area contributed by atoms with Gasteiger partial charge in [-0.1, -0.05) is 0 Å². The minimum Gasteiger partial charge on any atom is -0.486 e.